The van der Waals surface area contributed by atoms with E-state index in [9.17, 15) is 4.79 Å². The summed E-state index contributed by atoms with van der Waals surface area (Å²) in [6, 6.07) is 8.55. The predicted octanol–water partition coefficient (Wildman–Crippen LogP) is 4.74. The molecule has 0 unspecified atom stereocenters. The first-order valence-electron chi connectivity index (χ1n) is 7.51. The maximum absolute atomic E-state index is 11.4. The normalized spacial score (nSPS) is 11.9. The number of hydrogen-bond acceptors (Lipinski definition) is 2. The number of nitrogens with one attached hydrogen (secondary N) is 1. The molecule has 21 heavy (non-hydrogen) atoms. The number of carbonyl (C=O) groups excluding carboxylic acids is 1. The van der Waals surface area contributed by atoms with Gasteiger partial charge in [0.15, 0.2) is 0 Å². The molecule has 0 atom stereocenters. The largest absolute Gasteiger partial charge is 0.444 e. The number of rotatable bonds is 5. The highest BCUT2D eigenvalue weighted by Crippen LogP contribution is 2.15. The molecule has 0 radical (unpaired) electrons. The van der Waals surface area contributed by atoms with E-state index in [0.29, 0.717) is 12.5 Å². The second-order valence-electron chi connectivity index (χ2n) is 6.44. The van der Waals surface area contributed by atoms with Gasteiger partial charge in [-0.3, -0.25) is 0 Å². The van der Waals surface area contributed by atoms with Gasteiger partial charge in [0.1, 0.15) is 5.60 Å². The van der Waals surface area contributed by atoms with Gasteiger partial charge in [0.2, 0.25) is 0 Å². The number of ether oxygens (including phenoxy) is 1. The lowest BCUT2D eigenvalue weighted by Gasteiger charge is -2.19. The fourth-order valence-corrected chi connectivity index (χ4v) is 1.78. The lowest BCUT2D eigenvalue weighted by molar-refractivity contribution is 0.0529. The second-order valence-corrected chi connectivity index (χ2v) is 6.44. The number of benzene rings is 1. The van der Waals surface area contributed by atoms with Gasteiger partial charge < -0.3 is 10.1 Å². The van der Waals surface area contributed by atoms with E-state index in [1.54, 1.807) is 0 Å². The summed E-state index contributed by atoms with van der Waals surface area (Å²) in [4.78, 5) is 11.4. The topological polar surface area (TPSA) is 38.3 Å². The maximum atomic E-state index is 11.4. The summed E-state index contributed by atoms with van der Waals surface area (Å²) in [5.41, 5.74) is 2.08. The summed E-state index contributed by atoms with van der Waals surface area (Å²) in [6.07, 6.45) is 4.55. The molecule has 0 aromatic heterocycles. The summed E-state index contributed by atoms with van der Waals surface area (Å²) in [5, 5.41) is 2.74. The summed E-state index contributed by atoms with van der Waals surface area (Å²) >= 11 is 0. The zero-order valence-corrected chi connectivity index (χ0v) is 13.8. The van der Waals surface area contributed by atoms with Crippen LogP contribution in [0.1, 0.15) is 58.1 Å². The molecule has 0 aliphatic heterocycles. The van der Waals surface area contributed by atoms with Crippen molar-refractivity contribution in [1.82, 2.24) is 5.32 Å². The molecular weight excluding hydrogens is 262 g/mol. The third-order valence-electron chi connectivity index (χ3n) is 2.89. The van der Waals surface area contributed by atoms with Gasteiger partial charge in [0.05, 0.1) is 0 Å². The Morgan fingerprint density at radius 2 is 1.86 bits per heavy atom. The van der Waals surface area contributed by atoms with Crippen molar-refractivity contribution in [2.24, 2.45) is 0 Å². The fraction of sp³-hybridized carbons (Fsp3) is 0.500. The van der Waals surface area contributed by atoms with E-state index >= 15 is 0 Å². The summed E-state index contributed by atoms with van der Waals surface area (Å²) < 4.78 is 5.16. The van der Waals surface area contributed by atoms with Crippen molar-refractivity contribution in [3.63, 3.8) is 0 Å². The van der Waals surface area contributed by atoms with Crippen LogP contribution < -0.4 is 5.32 Å². The zero-order valence-electron chi connectivity index (χ0n) is 13.8. The first-order chi connectivity index (χ1) is 9.78. The fourth-order valence-electron chi connectivity index (χ4n) is 1.78. The van der Waals surface area contributed by atoms with Crippen LogP contribution in [-0.4, -0.2) is 18.2 Å². The molecular formula is C18H27NO2. The Hall–Kier alpha value is -1.77. The minimum atomic E-state index is -0.446. The molecule has 1 amide bonds. The minimum absolute atomic E-state index is 0.364. The highest BCUT2D eigenvalue weighted by atomic mass is 16.6. The molecule has 0 spiro atoms. The number of amides is 1. The van der Waals surface area contributed by atoms with Crippen molar-refractivity contribution in [3.05, 3.63) is 41.5 Å². The molecule has 0 aliphatic rings. The lowest BCUT2D eigenvalue weighted by atomic mass is 10.0. The molecule has 0 fully saturated rings. The summed E-state index contributed by atoms with van der Waals surface area (Å²) in [6.45, 7) is 10.5. The van der Waals surface area contributed by atoms with Gasteiger partial charge in [-0.1, -0.05) is 50.3 Å². The van der Waals surface area contributed by atoms with Crippen LogP contribution in [0, 0.1) is 0 Å². The van der Waals surface area contributed by atoms with E-state index in [-0.39, 0.29) is 6.09 Å². The van der Waals surface area contributed by atoms with Crippen molar-refractivity contribution in [1.29, 1.82) is 0 Å². The number of hydrogen-bond donors (Lipinski definition) is 1. The average molecular weight is 289 g/mol. The van der Waals surface area contributed by atoms with Crippen LogP contribution in [0.2, 0.25) is 0 Å². The third kappa shape index (κ3) is 7.54. The Balaban J connectivity index is 2.30. The van der Waals surface area contributed by atoms with Gasteiger partial charge in [-0.2, -0.15) is 0 Å². The Labute approximate surface area is 128 Å². The first kappa shape index (κ1) is 17.3. The van der Waals surface area contributed by atoms with Crippen LogP contribution in [-0.2, 0) is 4.74 Å². The van der Waals surface area contributed by atoms with Gasteiger partial charge in [-0.15, -0.1) is 0 Å². The average Bonchev–Trinajstić information content (AvgIpc) is 2.36. The number of carbonyl (C=O) groups is 1. The molecule has 0 bridgehead atoms. The van der Waals surface area contributed by atoms with Crippen molar-refractivity contribution in [2.75, 3.05) is 6.54 Å². The molecule has 116 valence electrons. The summed E-state index contributed by atoms with van der Waals surface area (Å²) in [7, 11) is 0. The van der Waals surface area contributed by atoms with Crippen LogP contribution in [0.25, 0.3) is 6.08 Å². The zero-order chi connectivity index (χ0) is 15.9. The molecule has 0 aliphatic carbocycles. The van der Waals surface area contributed by atoms with Crippen molar-refractivity contribution in [3.8, 4) is 0 Å². The van der Waals surface area contributed by atoms with Crippen LogP contribution >= 0.6 is 0 Å². The molecule has 0 saturated carbocycles. The van der Waals surface area contributed by atoms with Crippen LogP contribution in [0.5, 0.6) is 0 Å². The molecule has 1 aromatic rings. The molecule has 3 nitrogen and oxygen atoms in total. The van der Waals surface area contributed by atoms with Gasteiger partial charge in [-0.25, -0.2) is 4.79 Å². The Bertz CT molecular complexity index is 467. The maximum Gasteiger partial charge on any atom is 0.407 e. The molecule has 3 heteroatoms. The third-order valence-corrected chi connectivity index (χ3v) is 2.89. The Kier molecular flexibility index (Phi) is 6.47. The minimum Gasteiger partial charge on any atom is -0.444 e. The van der Waals surface area contributed by atoms with Crippen molar-refractivity contribution < 1.29 is 9.53 Å². The molecule has 1 rings (SSSR count). The highest BCUT2D eigenvalue weighted by molar-refractivity contribution is 5.67. The van der Waals surface area contributed by atoms with Gasteiger partial charge in [-0.05, 0) is 44.2 Å². The Morgan fingerprint density at radius 1 is 1.24 bits per heavy atom. The van der Waals surface area contributed by atoms with Gasteiger partial charge in [0.25, 0.3) is 0 Å². The van der Waals surface area contributed by atoms with Gasteiger partial charge >= 0.3 is 6.09 Å². The smallest absolute Gasteiger partial charge is 0.407 e. The van der Waals surface area contributed by atoms with Crippen LogP contribution in [0.3, 0.4) is 0 Å². The second kappa shape index (κ2) is 7.87. The Morgan fingerprint density at radius 3 is 2.38 bits per heavy atom. The molecule has 0 saturated heterocycles. The highest BCUT2D eigenvalue weighted by Gasteiger charge is 2.15. The monoisotopic (exact) mass is 289 g/mol. The SMILES string of the molecule is CC(C)c1ccc(C=CCCNC(=O)OC(C)(C)C)cc1. The van der Waals surface area contributed by atoms with E-state index in [4.69, 9.17) is 4.74 Å². The number of alkyl carbamates (subject to hydrolysis) is 1. The van der Waals surface area contributed by atoms with E-state index < -0.39 is 5.60 Å². The predicted molar refractivity (Wildman–Crippen MR) is 88.4 cm³/mol. The molecule has 1 N–H and O–H groups in total. The standard InChI is InChI=1S/C18H27NO2/c1-14(2)16-11-9-15(10-12-16)8-6-7-13-19-17(20)21-18(3,4)5/h6,8-12,14H,7,13H2,1-5H3,(H,19,20). The molecule has 0 heterocycles. The van der Waals surface area contributed by atoms with Crippen LogP contribution in [0.15, 0.2) is 30.3 Å². The van der Waals surface area contributed by atoms with E-state index in [1.807, 2.05) is 20.8 Å². The van der Waals surface area contributed by atoms with E-state index in [1.165, 1.54) is 11.1 Å². The van der Waals surface area contributed by atoms with Crippen molar-refractivity contribution in [2.45, 2.75) is 52.6 Å². The first-order valence-corrected chi connectivity index (χ1v) is 7.51. The van der Waals surface area contributed by atoms with Crippen LogP contribution in [0.4, 0.5) is 4.79 Å². The molecule has 1 aromatic carbocycles. The quantitative estimate of drug-likeness (QED) is 0.795. The van der Waals surface area contributed by atoms with Crippen molar-refractivity contribution >= 4 is 12.2 Å². The summed E-state index contributed by atoms with van der Waals surface area (Å²) in [5.74, 6) is 0.557. The van der Waals surface area contributed by atoms with E-state index in [2.05, 4.69) is 55.6 Å². The van der Waals surface area contributed by atoms with E-state index in [0.717, 1.165) is 6.42 Å². The van der Waals surface area contributed by atoms with Gasteiger partial charge in [0, 0.05) is 6.54 Å². The lowest BCUT2D eigenvalue weighted by Crippen LogP contribution is -2.32.